The Morgan fingerprint density at radius 3 is 2.72 bits per heavy atom. The van der Waals surface area contributed by atoms with Crippen LogP contribution in [0.3, 0.4) is 0 Å². The van der Waals surface area contributed by atoms with Crippen LogP contribution >= 0.6 is 0 Å². The van der Waals surface area contributed by atoms with E-state index in [-0.39, 0.29) is 17.0 Å². The van der Waals surface area contributed by atoms with E-state index in [1.54, 1.807) is 6.07 Å². The highest BCUT2D eigenvalue weighted by molar-refractivity contribution is 5.95. The molecule has 0 heterocycles. The van der Waals surface area contributed by atoms with Gasteiger partial charge in [0.05, 0.1) is 12.7 Å². The summed E-state index contributed by atoms with van der Waals surface area (Å²) < 4.78 is 17.9. The van der Waals surface area contributed by atoms with Crippen LogP contribution in [0.2, 0.25) is 0 Å². The SMILES string of the molecule is COC(=O)c1cc(F)ccc1NC(C)C1(C)CC1. The highest BCUT2D eigenvalue weighted by Crippen LogP contribution is 2.49. The topological polar surface area (TPSA) is 38.3 Å². The fraction of sp³-hybridized carbons (Fsp3) is 0.500. The molecule has 1 saturated carbocycles. The second kappa shape index (κ2) is 4.59. The molecule has 1 fully saturated rings. The van der Waals surface area contributed by atoms with Crippen molar-refractivity contribution in [1.29, 1.82) is 0 Å². The molecule has 0 aromatic heterocycles. The Hall–Kier alpha value is -1.58. The van der Waals surface area contributed by atoms with Crippen molar-refractivity contribution < 1.29 is 13.9 Å². The molecule has 98 valence electrons. The lowest BCUT2D eigenvalue weighted by Crippen LogP contribution is -2.26. The third kappa shape index (κ3) is 2.47. The van der Waals surface area contributed by atoms with Gasteiger partial charge in [-0.15, -0.1) is 0 Å². The van der Waals surface area contributed by atoms with Gasteiger partial charge in [-0.1, -0.05) is 6.92 Å². The van der Waals surface area contributed by atoms with Crippen molar-refractivity contribution in [3.63, 3.8) is 0 Å². The Kier molecular flexibility index (Phi) is 3.28. The third-order valence-electron chi connectivity index (χ3n) is 3.84. The van der Waals surface area contributed by atoms with Crippen LogP contribution in [0.25, 0.3) is 0 Å². The highest BCUT2D eigenvalue weighted by Gasteiger charge is 2.42. The largest absolute Gasteiger partial charge is 0.465 e. The first-order chi connectivity index (χ1) is 8.46. The summed E-state index contributed by atoms with van der Waals surface area (Å²) in [6.07, 6.45) is 2.35. The lowest BCUT2D eigenvalue weighted by Gasteiger charge is -2.22. The van der Waals surface area contributed by atoms with Crippen LogP contribution in [0.4, 0.5) is 10.1 Å². The molecule has 3 nitrogen and oxygen atoms in total. The van der Waals surface area contributed by atoms with Crippen LogP contribution in [-0.2, 0) is 4.74 Å². The maximum absolute atomic E-state index is 13.2. The van der Waals surface area contributed by atoms with Gasteiger partial charge in [0, 0.05) is 11.7 Å². The average Bonchev–Trinajstić information content (AvgIpc) is 3.10. The summed E-state index contributed by atoms with van der Waals surface area (Å²) in [6, 6.07) is 4.38. The highest BCUT2D eigenvalue weighted by atomic mass is 19.1. The monoisotopic (exact) mass is 251 g/mol. The van der Waals surface area contributed by atoms with E-state index in [4.69, 9.17) is 0 Å². The smallest absolute Gasteiger partial charge is 0.340 e. The molecule has 0 amide bonds. The molecular weight excluding hydrogens is 233 g/mol. The maximum Gasteiger partial charge on any atom is 0.340 e. The number of hydrogen-bond acceptors (Lipinski definition) is 3. The molecule has 1 aliphatic rings. The zero-order valence-corrected chi connectivity index (χ0v) is 10.9. The zero-order chi connectivity index (χ0) is 13.3. The predicted molar refractivity (Wildman–Crippen MR) is 68.2 cm³/mol. The Morgan fingerprint density at radius 2 is 2.17 bits per heavy atom. The summed E-state index contributed by atoms with van der Waals surface area (Å²) in [4.78, 5) is 11.6. The van der Waals surface area contributed by atoms with Crippen LogP contribution in [-0.4, -0.2) is 19.1 Å². The van der Waals surface area contributed by atoms with Gasteiger partial charge in [0.15, 0.2) is 0 Å². The minimum atomic E-state index is -0.523. The first kappa shape index (κ1) is 12.9. The number of methoxy groups -OCH3 is 1. The number of ether oxygens (including phenoxy) is 1. The van der Waals surface area contributed by atoms with Gasteiger partial charge in [0.25, 0.3) is 0 Å². The molecule has 0 radical (unpaired) electrons. The van der Waals surface area contributed by atoms with E-state index in [0.29, 0.717) is 5.69 Å². The molecule has 0 bridgehead atoms. The Bertz CT molecular complexity index is 469. The second-order valence-electron chi connectivity index (χ2n) is 5.20. The molecule has 1 atom stereocenters. The van der Waals surface area contributed by atoms with Crippen molar-refractivity contribution in [3.8, 4) is 0 Å². The van der Waals surface area contributed by atoms with E-state index in [2.05, 4.69) is 23.9 Å². The molecule has 18 heavy (non-hydrogen) atoms. The molecule has 2 rings (SSSR count). The number of esters is 1. The van der Waals surface area contributed by atoms with Crippen LogP contribution < -0.4 is 5.32 Å². The van der Waals surface area contributed by atoms with Gasteiger partial charge < -0.3 is 10.1 Å². The van der Waals surface area contributed by atoms with Gasteiger partial charge in [-0.2, -0.15) is 0 Å². The standard InChI is InChI=1S/C14H18FNO2/c1-9(14(2)6-7-14)16-12-5-4-10(15)8-11(12)13(17)18-3/h4-5,8-9,16H,6-7H2,1-3H3. The molecule has 0 spiro atoms. The van der Waals surface area contributed by atoms with Gasteiger partial charge in [-0.05, 0) is 43.4 Å². The first-order valence-corrected chi connectivity index (χ1v) is 6.11. The zero-order valence-electron chi connectivity index (χ0n) is 10.9. The number of anilines is 1. The van der Waals surface area contributed by atoms with Crippen molar-refractivity contribution in [3.05, 3.63) is 29.6 Å². The number of halogens is 1. The summed E-state index contributed by atoms with van der Waals surface area (Å²) >= 11 is 0. The third-order valence-corrected chi connectivity index (χ3v) is 3.84. The minimum Gasteiger partial charge on any atom is -0.465 e. The lowest BCUT2D eigenvalue weighted by molar-refractivity contribution is 0.0601. The minimum absolute atomic E-state index is 0.242. The van der Waals surface area contributed by atoms with Crippen LogP contribution in [0.1, 0.15) is 37.0 Å². The molecule has 0 saturated heterocycles. The second-order valence-corrected chi connectivity index (χ2v) is 5.20. The summed E-state index contributed by atoms with van der Waals surface area (Å²) in [5.74, 6) is -0.962. The van der Waals surface area contributed by atoms with E-state index >= 15 is 0 Å². The lowest BCUT2D eigenvalue weighted by atomic mass is 10.00. The summed E-state index contributed by atoms with van der Waals surface area (Å²) in [7, 11) is 1.29. The number of nitrogens with one attached hydrogen (secondary N) is 1. The molecule has 1 aliphatic carbocycles. The van der Waals surface area contributed by atoms with E-state index in [1.807, 2.05) is 0 Å². The Balaban J connectivity index is 2.23. The van der Waals surface area contributed by atoms with Crippen molar-refractivity contribution >= 4 is 11.7 Å². The van der Waals surface area contributed by atoms with Crippen molar-refractivity contribution in [1.82, 2.24) is 0 Å². The van der Waals surface area contributed by atoms with Crippen molar-refractivity contribution in [2.75, 3.05) is 12.4 Å². The normalized spacial score (nSPS) is 18.0. The first-order valence-electron chi connectivity index (χ1n) is 6.11. The quantitative estimate of drug-likeness (QED) is 0.835. The summed E-state index contributed by atoms with van der Waals surface area (Å²) in [6.45, 7) is 4.28. The molecule has 1 N–H and O–H groups in total. The summed E-state index contributed by atoms with van der Waals surface area (Å²) in [5.41, 5.74) is 1.15. The molecule has 4 heteroatoms. The number of carbonyl (C=O) groups excluding carboxylic acids is 1. The fourth-order valence-electron chi connectivity index (χ4n) is 1.96. The van der Waals surface area contributed by atoms with E-state index in [1.165, 1.54) is 32.1 Å². The fourth-order valence-corrected chi connectivity index (χ4v) is 1.96. The molecular formula is C14H18FNO2. The number of benzene rings is 1. The molecule has 0 aliphatic heterocycles. The van der Waals surface area contributed by atoms with Crippen LogP contribution in [0.15, 0.2) is 18.2 Å². The Morgan fingerprint density at radius 1 is 1.50 bits per heavy atom. The number of hydrogen-bond donors (Lipinski definition) is 1. The van der Waals surface area contributed by atoms with E-state index in [9.17, 15) is 9.18 Å². The van der Waals surface area contributed by atoms with Gasteiger partial charge in [0.2, 0.25) is 0 Å². The molecule has 1 aromatic rings. The van der Waals surface area contributed by atoms with Crippen LogP contribution in [0, 0.1) is 11.2 Å². The van der Waals surface area contributed by atoms with E-state index < -0.39 is 11.8 Å². The van der Waals surface area contributed by atoms with Crippen molar-refractivity contribution in [2.45, 2.75) is 32.7 Å². The summed E-state index contributed by atoms with van der Waals surface area (Å²) in [5, 5.41) is 3.29. The average molecular weight is 251 g/mol. The van der Waals surface area contributed by atoms with Gasteiger partial charge in [0.1, 0.15) is 5.82 Å². The van der Waals surface area contributed by atoms with Crippen molar-refractivity contribution in [2.24, 2.45) is 5.41 Å². The van der Waals surface area contributed by atoms with E-state index in [0.717, 1.165) is 0 Å². The molecule has 1 aromatic carbocycles. The van der Waals surface area contributed by atoms with Gasteiger partial charge >= 0.3 is 5.97 Å². The predicted octanol–water partition coefficient (Wildman–Crippen LogP) is 3.21. The number of rotatable bonds is 4. The number of carbonyl (C=O) groups is 1. The van der Waals surface area contributed by atoms with Gasteiger partial charge in [-0.25, -0.2) is 9.18 Å². The molecule has 1 unspecified atom stereocenters. The van der Waals surface area contributed by atoms with Gasteiger partial charge in [-0.3, -0.25) is 0 Å². The maximum atomic E-state index is 13.2. The Labute approximate surface area is 106 Å². The van der Waals surface area contributed by atoms with Crippen LogP contribution in [0.5, 0.6) is 0 Å².